The molecule has 0 heterocycles. The van der Waals surface area contributed by atoms with Crippen molar-refractivity contribution in [1.29, 1.82) is 0 Å². The number of amides is 2. The molecule has 2 amide bonds. The van der Waals surface area contributed by atoms with Gasteiger partial charge in [-0.05, 0) is 60.2 Å². The predicted octanol–water partition coefficient (Wildman–Crippen LogP) is 8.44. The highest BCUT2D eigenvalue weighted by atomic mass is 35.5. The molecule has 0 aliphatic heterocycles. The molecule has 1 aliphatic rings. The van der Waals surface area contributed by atoms with Gasteiger partial charge in [-0.2, -0.15) is 13.2 Å². The molecule has 1 aliphatic carbocycles. The van der Waals surface area contributed by atoms with Crippen LogP contribution >= 0.6 is 58.0 Å². The van der Waals surface area contributed by atoms with E-state index in [0.29, 0.717) is 15.6 Å². The quantitative estimate of drug-likeness (QED) is 0.291. The van der Waals surface area contributed by atoms with Gasteiger partial charge in [0, 0.05) is 27.3 Å². The lowest BCUT2D eigenvalue weighted by atomic mass is 10.1. The number of alkyl halides is 5. The first-order valence-corrected chi connectivity index (χ1v) is 12.1. The fourth-order valence-electron chi connectivity index (χ4n) is 3.79. The van der Waals surface area contributed by atoms with Gasteiger partial charge in [0.1, 0.15) is 4.33 Å². The van der Waals surface area contributed by atoms with Crippen LogP contribution in [0.2, 0.25) is 15.1 Å². The Labute approximate surface area is 228 Å². The van der Waals surface area contributed by atoms with Gasteiger partial charge >= 0.3 is 6.18 Å². The molecule has 4 nitrogen and oxygen atoms in total. The highest BCUT2D eigenvalue weighted by Gasteiger charge is 2.67. The van der Waals surface area contributed by atoms with Crippen LogP contribution in [0.1, 0.15) is 27.4 Å². The van der Waals surface area contributed by atoms with Crippen LogP contribution in [-0.4, -0.2) is 16.1 Å². The molecule has 4 rings (SSSR count). The summed E-state index contributed by atoms with van der Waals surface area (Å²) in [6, 6.07) is 13.0. The number of benzene rings is 3. The SMILES string of the molecule is O=C(Nc1cccc(C(F)(F)F)c1)c1cc(NC(=O)[C@H]2[C@H](c3cc(Cl)cc(Cl)c3)C2(Cl)Cl)ccc1Cl. The number of hydrogen-bond acceptors (Lipinski definition) is 2. The molecule has 3 aromatic rings. The number of nitrogens with one attached hydrogen (secondary N) is 2. The molecule has 3 aromatic carbocycles. The molecular formula is C24H14Cl5F3N2O2. The summed E-state index contributed by atoms with van der Waals surface area (Å²) in [5.41, 5.74) is -0.260. The van der Waals surface area contributed by atoms with E-state index < -0.39 is 39.7 Å². The number of carbonyl (C=O) groups excluding carboxylic acids is 2. The summed E-state index contributed by atoms with van der Waals surface area (Å²) in [6.07, 6.45) is -4.57. The molecule has 188 valence electrons. The second kappa shape index (κ2) is 9.95. The van der Waals surface area contributed by atoms with Crippen molar-refractivity contribution in [3.8, 4) is 0 Å². The van der Waals surface area contributed by atoms with Crippen LogP contribution in [0.25, 0.3) is 0 Å². The van der Waals surface area contributed by atoms with Crippen LogP contribution in [-0.2, 0) is 11.0 Å². The Morgan fingerprint density at radius 1 is 0.833 bits per heavy atom. The number of carbonyl (C=O) groups is 2. The summed E-state index contributed by atoms with van der Waals surface area (Å²) in [6.45, 7) is 0. The maximum atomic E-state index is 13.0. The minimum atomic E-state index is -4.57. The lowest BCUT2D eigenvalue weighted by molar-refractivity contribution is -0.137. The van der Waals surface area contributed by atoms with Gasteiger partial charge in [-0.25, -0.2) is 0 Å². The van der Waals surface area contributed by atoms with E-state index in [1.54, 1.807) is 12.1 Å². The van der Waals surface area contributed by atoms with E-state index in [1.165, 1.54) is 36.4 Å². The molecular weight excluding hydrogens is 583 g/mol. The average molecular weight is 597 g/mol. The topological polar surface area (TPSA) is 58.2 Å². The Hall–Kier alpha value is -2.16. The van der Waals surface area contributed by atoms with E-state index >= 15 is 0 Å². The number of hydrogen-bond donors (Lipinski definition) is 2. The van der Waals surface area contributed by atoms with Crippen molar-refractivity contribution in [3.63, 3.8) is 0 Å². The van der Waals surface area contributed by atoms with E-state index in [9.17, 15) is 22.8 Å². The van der Waals surface area contributed by atoms with Gasteiger partial charge in [0.25, 0.3) is 5.91 Å². The lowest BCUT2D eigenvalue weighted by Gasteiger charge is -2.12. The van der Waals surface area contributed by atoms with Crippen molar-refractivity contribution in [3.05, 3.63) is 92.4 Å². The fraction of sp³-hybridized carbons (Fsp3) is 0.167. The van der Waals surface area contributed by atoms with E-state index in [-0.39, 0.29) is 22.0 Å². The highest BCUT2D eigenvalue weighted by Crippen LogP contribution is 2.65. The molecule has 1 saturated carbocycles. The Kier molecular flexibility index (Phi) is 7.43. The largest absolute Gasteiger partial charge is 0.416 e. The second-order valence-electron chi connectivity index (χ2n) is 8.05. The average Bonchev–Trinajstić information content (AvgIpc) is 3.36. The Morgan fingerprint density at radius 3 is 2.11 bits per heavy atom. The summed E-state index contributed by atoms with van der Waals surface area (Å²) in [5.74, 6) is -2.70. The maximum Gasteiger partial charge on any atom is 0.416 e. The summed E-state index contributed by atoms with van der Waals surface area (Å²) in [5, 5.41) is 5.77. The normalized spacial score (nSPS) is 18.4. The molecule has 2 atom stereocenters. The van der Waals surface area contributed by atoms with Crippen molar-refractivity contribution >= 4 is 81.2 Å². The van der Waals surface area contributed by atoms with Crippen LogP contribution in [0.3, 0.4) is 0 Å². The predicted molar refractivity (Wildman–Crippen MR) is 137 cm³/mol. The second-order valence-corrected chi connectivity index (χ2v) is 10.8. The third-order valence-electron chi connectivity index (χ3n) is 5.51. The first-order chi connectivity index (χ1) is 16.8. The van der Waals surface area contributed by atoms with Gasteiger partial charge in [0.2, 0.25) is 5.91 Å². The lowest BCUT2D eigenvalue weighted by Crippen LogP contribution is -2.18. The summed E-state index contributed by atoms with van der Waals surface area (Å²) in [7, 11) is 0. The van der Waals surface area contributed by atoms with Gasteiger partial charge in [0.05, 0.1) is 22.1 Å². The molecule has 0 radical (unpaired) electrons. The van der Waals surface area contributed by atoms with Crippen molar-refractivity contribution in [1.82, 2.24) is 0 Å². The molecule has 0 bridgehead atoms. The standard InChI is InChI=1S/C24H14Cl5F3N2O2/c25-13-6-11(7-14(26)9-13)19-20(23(19,28)29)22(36)34-16-4-5-18(27)17(10-16)21(35)33-15-3-1-2-12(8-15)24(30,31)32/h1-10,19-20H,(H,33,35)(H,34,36)/t19-,20+/m0/s1. The van der Waals surface area contributed by atoms with Crippen LogP contribution in [0.4, 0.5) is 24.5 Å². The van der Waals surface area contributed by atoms with E-state index in [2.05, 4.69) is 10.6 Å². The van der Waals surface area contributed by atoms with Crippen molar-refractivity contribution in [2.75, 3.05) is 10.6 Å². The van der Waals surface area contributed by atoms with Gasteiger partial charge in [-0.1, -0.05) is 40.9 Å². The van der Waals surface area contributed by atoms with Gasteiger partial charge < -0.3 is 10.6 Å². The van der Waals surface area contributed by atoms with Crippen LogP contribution in [0.15, 0.2) is 60.7 Å². The number of halogens is 8. The summed E-state index contributed by atoms with van der Waals surface area (Å²) >= 11 is 31.0. The maximum absolute atomic E-state index is 13.0. The molecule has 1 fully saturated rings. The minimum Gasteiger partial charge on any atom is -0.326 e. The fourth-order valence-corrected chi connectivity index (χ4v) is 5.37. The smallest absolute Gasteiger partial charge is 0.326 e. The van der Waals surface area contributed by atoms with Gasteiger partial charge in [-0.15, -0.1) is 23.2 Å². The number of anilines is 2. The molecule has 0 unspecified atom stereocenters. The number of rotatable bonds is 5. The Morgan fingerprint density at radius 2 is 1.47 bits per heavy atom. The highest BCUT2D eigenvalue weighted by molar-refractivity contribution is 6.53. The van der Waals surface area contributed by atoms with Gasteiger partial charge in [0.15, 0.2) is 0 Å². The van der Waals surface area contributed by atoms with Crippen molar-refractivity contribution < 1.29 is 22.8 Å². The molecule has 2 N–H and O–H groups in total. The van der Waals surface area contributed by atoms with E-state index in [0.717, 1.165) is 12.1 Å². The molecule has 12 heteroatoms. The third kappa shape index (κ3) is 5.71. The van der Waals surface area contributed by atoms with Crippen molar-refractivity contribution in [2.24, 2.45) is 5.92 Å². The third-order valence-corrected chi connectivity index (χ3v) is 7.21. The molecule has 0 spiro atoms. The molecule has 36 heavy (non-hydrogen) atoms. The monoisotopic (exact) mass is 594 g/mol. The zero-order valence-electron chi connectivity index (χ0n) is 17.8. The zero-order chi connectivity index (χ0) is 26.4. The Balaban J connectivity index is 1.51. The molecule has 0 saturated heterocycles. The van der Waals surface area contributed by atoms with Crippen LogP contribution in [0.5, 0.6) is 0 Å². The van der Waals surface area contributed by atoms with E-state index in [1.807, 2.05) is 0 Å². The van der Waals surface area contributed by atoms with Crippen LogP contribution < -0.4 is 10.6 Å². The van der Waals surface area contributed by atoms with E-state index in [4.69, 9.17) is 58.0 Å². The Bertz CT molecular complexity index is 1340. The summed E-state index contributed by atoms with van der Waals surface area (Å²) < 4.78 is 37.5. The zero-order valence-corrected chi connectivity index (χ0v) is 21.5. The van der Waals surface area contributed by atoms with Crippen LogP contribution in [0, 0.1) is 5.92 Å². The minimum absolute atomic E-state index is 0.0272. The molecule has 0 aromatic heterocycles. The van der Waals surface area contributed by atoms with Gasteiger partial charge in [-0.3, -0.25) is 9.59 Å². The van der Waals surface area contributed by atoms with Crippen molar-refractivity contribution in [2.45, 2.75) is 16.4 Å². The summed E-state index contributed by atoms with van der Waals surface area (Å²) in [4.78, 5) is 25.7. The first-order valence-electron chi connectivity index (χ1n) is 10.2. The first kappa shape index (κ1) is 26.9.